The van der Waals surface area contributed by atoms with E-state index in [2.05, 4.69) is 0 Å². The highest BCUT2D eigenvalue weighted by atomic mass is 16.7. The predicted molar refractivity (Wildman–Crippen MR) is 105 cm³/mol. The summed E-state index contributed by atoms with van der Waals surface area (Å²) in [5.41, 5.74) is 0. The fraction of sp³-hybridized carbons (Fsp3) is 1.00. The lowest BCUT2D eigenvalue weighted by atomic mass is 9.97. The third-order valence-corrected chi connectivity index (χ3v) is 6.15. The van der Waals surface area contributed by atoms with Crippen LogP contribution in [0, 0.1) is 0 Å². The molecular formula is C19H34O15. The van der Waals surface area contributed by atoms with Gasteiger partial charge in [0.25, 0.3) is 0 Å². The molecule has 0 bridgehead atoms. The molecule has 3 fully saturated rings. The van der Waals surface area contributed by atoms with Crippen molar-refractivity contribution in [1.29, 1.82) is 0 Å². The minimum absolute atomic E-state index is 0.00691. The van der Waals surface area contributed by atoms with Crippen LogP contribution < -0.4 is 0 Å². The van der Waals surface area contributed by atoms with Crippen LogP contribution in [0.15, 0.2) is 0 Å². The number of aliphatic hydroxyl groups is 9. The van der Waals surface area contributed by atoms with E-state index in [4.69, 9.17) is 28.4 Å². The standard InChI is InChI=1S/C19H34O15/c1-29-17-15(28)16(34-19-14(27)13(26)11(24)8(4-21)32-19)12(25)9(33-17)5-30-18-10(23)7(22)2-6(3-20)31-18/h6-28H,2-5H2,1H3/t6-,7-,8+,9+,10-,11+,12+,13-,14-,15-,16-,17-,18-,19+/m0/s1. The maximum atomic E-state index is 10.8. The van der Waals surface area contributed by atoms with Crippen LogP contribution in [-0.2, 0) is 28.4 Å². The van der Waals surface area contributed by atoms with Crippen molar-refractivity contribution in [2.45, 2.75) is 92.4 Å². The molecule has 0 unspecified atom stereocenters. The number of aliphatic hydroxyl groups excluding tert-OH is 9. The second-order valence-corrected chi connectivity index (χ2v) is 8.49. The van der Waals surface area contributed by atoms with Crippen molar-refractivity contribution in [3.05, 3.63) is 0 Å². The zero-order valence-corrected chi connectivity index (χ0v) is 18.4. The van der Waals surface area contributed by atoms with Crippen LogP contribution in [0.4, 0.5) is 0 Å². The van der Waals surface area contributed by atoms with E-state index in [0.29, 0.717) is 0 Å². The van der Waals surface area contributed by atoms with Gasteiger partial charge in [0.2, 0.25) is 0 Å². The molecule has 3 saturated heterocycles. The molecule has 34 heavy (non-hydrogen) atoms. The van der Waals surface area contributed by atoms with Crippen LogP contribution in [-0.4, -0.2) is 159 Å². The van der Waals surface area contributed by atoms with E-state index >= 15 is 0 Å². The van der Waals surface area contributed by atoms with Crippen LogP contribution in [0.2, 0.25) is 0 Å². The summed E-state index contributed by atoms with van der Waals surface area (Å²) in [6.07, 6.45) is -20.2. The third-order valence-electron chi connectivity index (χ3n) is 6.15. The predicted octanol–water partition coefficient (Wildman–Crippen LogP) is -5.89. The van der Waals surface area contributed by atoms with Crippen molar-refractivity contribution >= 4 is 0 Å². The minimum Gasteiger partial charge on any atom is -0.394 e. The van der Waals surface area contributed by atoms with Crippen molar-refractivity contribution in [1.82, 2.24) is 0 Å². The summed E-state index contributed by atoms with van der Waals surface area (Å²) in [6.45, 7) is -1.56. The number of ether oxygens (including phenoxy) is 6. The van der Waals surface area contributed by atoms with Crippen molar-refractivity contribution in [2.24, 2.45) is 0 Å². The summed E-state index contributed by atoms with van der Waals surface area (Å²) in [7, 11) is 1.21. The first-order valence-corrected chi connectivity index (χ1v) is 10.9. The highest BCUT2D eigenvalue weighted by Crippen LogP contribution is 2.30. The Labute approximate surface area is 194 Å². The molecule has 3 heterocycles. The van der Waals surface area contributed by atoms with Crippen molar-refractivity contribution in [3.8, 4) is 0 Å². The molecule has 0 aromatic heterocycles. The average molecular weight is 502 g/mol. The molecule has 15 heteroatoms. The minimum atomic E-state index is -1.78. The second-order valence-electron chi connectivity index (χ2n) is 8.49. The van der Waals surface area contributed by atoms with E-state index in [1.54, 1.807) is 0 Å². The molecule has 200 valence electrons. The van der Waals surface area contributed by atoms with Crippen LogP contribution in [0.25, 0.3) is 0 Å². The molecule has 3 aliphatic heterocycles. The Hall–Kier alpha value is -0.600. The maximum absolute atomic E-state index is 10.8. The van der Waals surface area contributed by atoms with Crippen LogP contribution in [0.3, 0.4) is 0 Å². The fourth-order valence-corrected chi connectivity index (χ4v) is 4.09. The van der Waals surface area contributed by atoms with Gasteiger partial charge in [-0.1, -0.05) is 0 Å². The van der Waals surface area contributed by atoms with Crippen LogP contribution >= 0.6 is 0 Å². The largest absolute Gasteiger partial charge is 0.394 e. The van der Waals surface area contributed by atoms with Gasteiger partial charge in [0, 0.05) is 13.5 Å². The molecule has 0 aromatic carbocycles. The van der Waals surface area contributed by atoms with Gasteiger partial charge in [-0.05, 0) is 0 Å². The monoisotopic (exact) mass is 502 g/mol. The van der Waals surface area contributed by atoms with Gasteiger partial charge >= 0.3 is 0 Å². The summed E-state index contributed by atoms with van der Waals surface area (Å²) >= 11 is 0. The number of hydrogen-bond donors (Lipinski definition) is 9. The van der Waals surface area contributed by atoms with E-state index in [9.17, 15) is 46.0 Å². The van der Waals surface area contributed by atoms with Crippen molar-refractivity contribution < 1.29 is 74.4 Å². The molecular weight excluding hydrogens is 468 g/mol. The molecule has 15 nitrogen and oxygen atoms in total. The second kappa shape index (κ2) is 12.1. The molecule has 9 N–H and O–H groups in total. The third kappa shape index (κ3) is 5.86. The van der Waals surface area contributed by atoms with Gasteiger partial charge in [-0.25, -0.2) is 0 Å². The Morgan fingerprint density at radius 1 is 0.676 bits per heavy atom. The topological polar surface area (TPSA) is 237 Å². The van der Waals surface area contributed by atoms with E-state index in [-0.39, 0.29) is 6.42 Å². The quantitative estimate of drug-likeness (QED) is 0.150. The van der Waals surface area contributed by atoms with Gasteiger partial charge in [-0.3, -0.25) is 0 Å². The molecule has 0 amide bonds. The Bertz CT molecular complexity index is 625. The Morgan fingerprint density at radius 2 is 1.35 bits per heavy atom. The molecule has 0 spiro atoms. The van der Waals surface area contributed by atoms with Gasteiger partial charge in [-0.15, -0.1) is 0 Å². The lowest BCUT2D eigenvalue weighted by Crippen LogP contribution is -2.65. The lowest BCUT2D eigenvalue weighted by molar-refractivity contribution is -0.362. The van der Waals surface area contributed by atoms with Gasteiger partial charge in [0.05, 0.1) is 32.0 Å². The average Bonchev–Trinajstić information content (AvgIpc) is 2.83. The zero-order chi connectivity index (χ0) is 25.2. The molecule has 0 radical (unpaired) electrons. The highest BCUT2D eigenvalue weighted by Gasteiger charge is 2.51. The van der Waals surface area contributed by atoms with Gasteiger partial charge in [0.1, 0.15) is 54.9 Å². The van der Waals surface area contributed by atoms with Crippen LogP contribution in [0.5, 0.6) is 0 Å². The van der Waals surface area contributed by atoms with Gasteiger partial charge in [-0.2, -0.15) is 0 Å². The number of methoxy groups -OCH3 is 1. The van der Waals surface area contributed by atoms with E-state index < -0.39 is 106 Å². The summed E-state index contributed by atoms with van der Waals surface area (Å²) < 4.78 is 32.2. The molecule has 3 rings (SSSR count). The summed E-state index contributed by atoms with van der Waals surface area (Å²) in [5, 5.41) is 90.0. The summed E-state index contributed by atoms with van der Waals surface area (Å²) in [6, 6.07) is 0. The maximum Gasteiger partial charge on any atom is 0.187 e. The molecule has 14 atom stereocenters. The Morgan fingerprint density at radius 3 is 1.97 bits per heavy atom. The molecule has 0 aromatic rings. The Kier molecular flexibility index (Phi) is 9.95. The van der Waals surface area contributed by atoms with Gasteiger partial charge in [0.15, 0.2) is 18.9 Å². The number of rotatable bonds is 8. The first-order chi connectivity index (χ1) is 16.1. The number of hydrogen-bond acceptors (Lipinski definition) is 15. The smallest absolute Gasteiger partial charge is 0.187 e. The zero-order valence-electron chi connectivity index (χ0n) is 18.4. The summed E-state index contributed by atoms with van der Waals surface area (Å²) in [4.78, 5) is 0. The van der Waals surface area contributed by atoms with Crippen molar-refractivity contribution in [3.63, 3.8) is 0 Å². The van der Waals surface area contributed by atoms with Crippen molar-refractivity contribution in [2.75, 3.05) is 26.9 Å². The highest BCUT2D eigenvalue weighted by molar-refractivity contribution is 4.94. The van der Waals surface area contributed by atoms with Gasteiger partial charge < -0.3 is 74.4 Å². The SMILES string of the molecule is CO[C@H]1O[C@H](CO[C@H]2O[C@H](CO)C[C@H](O)[C@@H]2O)[C@@H](O)[C@H](O[C@H]2O[C@H](CO)[C@@H](O)[C@H](O)[C@@H]2O)[C@@H]1O. The first kappa shape index (κ1) is 28.0. The summed E-state index contributed by atoms with van der Waals surface area (Å²) in [5.74, 6) is 0. The van der Waals surface area contributed by atoms with Crippen LogP contribution in [0.1, 0.15) is 6.42 Å². The first-order valence-electron chi connectivity index (χ1n) is 10.9. The normalized spacial score (nSPS) is 50.3. The molecule has 3 aliphatic rings. The fourth-order valence-electron chi connectivity index (χ4n) is 4.09. The van der Waals surface area contributed by atoms with E-state index in [1.807, 2.05) is 0 Å². The van der Waals surface area contributed by atoms with E-state index in [0.717, 1.165) is 0 Å². The Balaban J connectivity index is 1.68. The molecule has 0 aliphatic carbocycles. The van der Waals surface area contributed by atoms with E-state index in [1.165, 1.54) is 7.11 Å². The molecule has 0 saturated carbocycles. The lowest BCUT2D eigenvalue weighted by Gasteiger charge is -2.46.